The number of nitrogens with one attached hydrogen (secondary N) is 1. The molecule has 1 saturated carbocycles. The van der Waals surface area contributed by atoms with Crippen LogP contribution in [0.4, 0.5) is 0 Å². The van der Waals surface area contributed by atoms with Crippen molar-refractivity contribution < 1.29 is 9.47 Å². The van der Waals surface area contributed by atoms with Crippen LogP contribution in [0.5, 0.6) is 11.5 Å². The Balaban J connectivity index is 1.95. The van der Waals surface area contributed by atoms with E-state index in [1.807, 2.05) is 19.2 Å². The Morgan fingerprint density at radius 3 is 2.62 bits per heavy atom. The van der Waals surface area contributed by atoms with Crippen molar-refractivity contribution in [2.75, 3.05) is 32.8 Å². The van der Waals surface area contributed by atoms with E-state index in [9.17, 15) is 0 Å². The molecule has 2 rings (SSSR count). The van der Waals surface area contributed by atoms with Crippen molar-refractivity contribution in [2.45, 2.75) is 31.7 Å². The van der Waals surface area contributed by atoms with Gasteiger partial charge in [-0.15, -0.1) is 0 Å². The third-order valence-corrected chi connectivity index (χ3v) is 5.55. The molecular weight excluding hydrogens is 282 g/mol. The Hall–Kier alpha value is -0.870. The van der Waals surface area contributed by atoms with Crippen LogP contribution in [0.1, 0.15) is 37.3 Å². The van der Waals surface area contributed by atoms with Crippen molar-refractivity contribution in [2.24, 2.45) is 5.92 Å². The first-order valence-corrected chi connectivity index (χ1v) is 8.91. The molecule has 1 aliphatic rings. The summed E-state index contributed by atoms with van der Waals surface area (Å²) in [4.78, 5) is 0. The summed E-state index contributed by atoms with van der Waals surface area (Å²) in [5.74, 6) is 5.04. The van der Waals surface area contributed by atoms with Crippen molar-refractivity contribution in [1.29, 1.82) is 0 Å². The zero-order valence-corrected chi connectivity index (χ0v) is 14.2. The zero-order valence-electron chi connectivity index (χ0n) is 13.4. The summed E-state index contributed by atoms with van der Waals surface area (Å²) in [5, 5.41) is 3.41. The molecule has 0 radical (unpaired) electrons. The van der Waals surface area contributed by atoms with Gasteiger partial charge in [0.25, 0.3) is 0 Å². The van der Waals surface area contributed by atoms with Gasteiger partial charge in [-0.05, 0) is 37.6 Å². The fraction of sp³-hybridized carbons (Fsp3) is 0.647. The van der Waals surface area contributed by atoms with Crippen molar-refractivity contribution in [3.63, 3.8) is 0 Å². The molecule has 0 saturated heterocycles. The molecule has 1 atom stereocenters. The van der Waals surface area contributed by atoms with Crippen LogP contribution < -0.4 is 14.8 Å². The van der Waals surface area contributed by atoms with Crippen molar-refractivity contribution in [3.8, 4) is 11.5 Å². The summed E-state index contributed by atoms with van der Waals surface area (Å²) in [6, 6.07) is 6.39. The second-order valence-corrected chi connectivity index (χ2v) is 6.71. The molecule has 1 N–H and O–H groups in total. The van der Waals surface area contributed by atoms with Crippen molar-refractivity contribution >= 4 is 11.8 Å². The van der Waals surface area contributed by atoms with E-state index in [0.717, 1.165) is 23.2 Å². The lowest BCUT2D eigenvalue weighted by Gasteiger charge is -2.20. The van der Waals surface area contributed by atoms with Crippen LogP contribution in [0.25, 0.3) is 0 Å². The molecule has 0 spiro atoms. The Bertz CT molecular complexity index is 433. The highest BCUT2D eigenvalue weighted by atomic mass is 32.2. The summed E-state index contributed by atoms with van der Waals surface area (Å²) in [5.41, 5.74) is 1.21. The van der Waals surface area contributed by atoms with Crippen LogP contribution in [0.15, 0.2) is 18.2 Å². The fourth-order valence-corrected chi connectivity index (χ4v) is 4.35. The summed E-state index contributed by atoms with van der Waals surface area (Å²) in [7, 11) is 5.42. The maximum Gasteiger partial charge on any atom is 0.127 e. The Kier molecular flexibility index (Phi) is 6.71. The quantitative estimate of drug-likeness (QED) is 0.789. The van der Waals surface area contributed by atoms with E-state index in [-0.39, 0.29) is 0 Å². The van der Waals surface area contributed by atoms with Gasteiger partial charge in [-0.3, -0.25) is 0 Å². The second kappa shape index (κ2) is 8.54. The van der Waals surface area contributed by atoms with Crippen molar-refractivity contribution in [1.82, 2.24) is 5.32 Å². The van der Waals surface area contributed by atoms with Gasteiger partial charge in [0.1, 0.15) is 11.5 Å². The van der Waals surface area contributed by atoms with Crippen LogP contribution in [-0.2, 0) is 0 Å². The first-order valence-electron chi connectivity index (χ1n) is 7.75. The number of rotatable bonds is 8. The number of benzene rings is 1. The van der Waals surface area contributed by atoms with Gasteiger partial charge in [-0.2, -0.15) is 11.8 Å². The summed E-state index contributed by atoms with van der Waals surface area (Å²) in [6.07, 6.45) is 5.69. The predicted molar refractivity (Wildman–Crippen MR) is 90.6 cm³/mol. The molecule has 1 aliphatic carbocycles. The lowest BCUT2D eigenvalue weighted by atomic mass is 10.1. The third kappa shape index (κ3) is 4.55. The number of methoxy groups -OCH3 is 2. The molecule has 1 unspecified atom stereocenters. The molecule has 4 heteroatoms. The molecule has 1 fully saturated rings. The predicted octanol–water partition coefficient (Wildman–Crippen LogP) is 3.89. The van der Waals surface area contributed by atoms with Crippen LogP contribution >= 0.6 is 11.8 Å². The highest BCUT2D eigenvalue weighted by Crippen LogP contribution is 2.33. The first-order chi connectivity index (χ1) is 10.3. The molecule has 0 aromatic heterocycles. The minimum atomic E-state index is 0.317. The fourth-order valence-electron chi connectivity index (χ4n) is 2.96. The molecule has 0 aliphatic heterocycles. The summed E-state index contributed by atoms with van der Waals surface area (Å²) < 4.78 is 10.8. The number of hydrogen-bond donors (Lipinski definition) is 1. The van der Waals surface area contributed by atoms with E-state index in [4.69, 9.17) is 9.47 Å². The van der Waals surface area contributed by atoms with Gasteiger partial charge in [0.2, 0.25) is 0 Å². The minimum absolute atomic E-state index is 0.317. The van der Waals surface area contributed by atoms with Gasteiger partial charge >= 0.3 is 0 Å². The average Bonchev–Trinajstić information content (AvgIpc) is 3.04. The van der Waals surface area contributed by atoms with Crippen LogP contribution in [-0.4, -0.2) is 32.8 Å². The highest BCUT2D eigenvalue weighted by molar-refractivity contribution is 7.99. The molecule has 0 amide bonds. The summed E-state index contributed by atoms with van der Waals surface area (Å²) in [6.45, 7) is 0. The Morgan fingerprint density at radius 2 is 2.00 bits per heavy atom. The van der Waals surface area contributed by atoms with Gasteiger partial charge in [-0.25, -0.2) is 0 Å². The van der Waals surface area contributed by atoms with Gasteiger partial charge in [0.15, 0.2) is 0 Å². The first kappa shape index (κ1) is 16.5. The molecule has 1 aromatic carbocycles. The van der Waals surface area contributed by atoms with E-state index >= 15 is 0 Å². The summed E-state index contributed by atoms with van der Waals surface area (Å²) >= 11 is 2.06. The normalized spacial score (nSPS) is 16.9. The average molecular weight is 309 g/mol. The monoisotopic (exact) mass is 309 g/mol. The lowest BCUT2D eigenvalue weighted by Crippen LogP contribution is -2.20. The maximum absolute atomic E-state index is 5.52. The number of hydrogen-bond acceptors (Lipinski definition) is 4. The van der Waals surface area contributed by atoms with Gasteiger partial charge in [0, 0.05) is 23.4 Å². The second-order valence-electron chi connectivity index (χ2n) is 5.64. The van der Waals surface area contributed by atoms with Gasteiger partial charge in [-0.1, -0.05) is 18.9 Å². The molecule has 21 heavy (non-hydrogen) atoms. The van der Waals surface area contributed by atoms with Gasteiger partial charge in [0.05, 0.1) is 14.2 Å². The van der Waals surface area contributed by atoms with Gasteiger partial charge < -0.3 is 14.8 Å². The molecule has 3 nitrogen and oxygen atoms in total. The minimum Gasteiger partial charge on any atom is -0.497 e. The van der Waals surface area contributed by atoms with E-state index < -0.39 is 0 Å². The molecule has 118 valence electrons. The van der Waals surface area contributed by atoms with Crippen LogP contribution in [0.2, 0.25) is 0 Å². The largest absolute Gasteiger partial charge is 0.497 e. The van der Waals surface area contributed by atoms with Crippen molar-refractivity contribution in [3.05, 3.63) is 23.8 Å². The molecule has 0 heterocycles. The molecular formula is C17H27NO2S. The number of ether oxygens (including phenoxy) is 2. The van der Waals surface area contributed by atoms with E-state index in [2.05, 4.69) is 23.1 Å². The van der Waals surface area contributed by atoms with Crippen LogP contribution in [0, 0.1) is 5.92 Å². The smallest absolute Gasteiger partial charge is 0.127 e. The van der Waals surface area contributed by atoms with E-state index in [0.29, 0.717) is 6.04 Å². The zero-order chi connectivity index (χ0) is 15.1. The van der Waals surface area contributed by atoms with E-state index in [1.165, 1.54) is 37.0 Å². The van der Waals surface area contributed by atoms with Crippen LogP contribution in [0.3, 0.4) is 0 Å². The highest BCUT2D eigenvalue weighted by Gasteiger charge is 2.18. The van der Waals surface area contributed by atoms with E-state index in [1.54, 1.807) is 14.2 Å². The Labute approximate surface area is 132 Å². The maximum atomic E-state index is 5.52. The third-order valence-electron chi connectivity index (χ3n) is 4.28. The topological polar surface area (TPSA) is 30.5 Å². The Morgan fingerprint density at radius 1 is 1.24 bits per heavy atom. The SMILES string of the molecule is CNC(CSCC1CCCC1)c1ccc(OC)cc1OC. The lowest BCUT2D eigenvalue weighted by molar-refractivity contribution is 0.387. The standard InChI is InChI=1S/C17H27NO2S/c1-18-16(12-21-11-13-6-4-5-7-13)15-9-8-14(19-2)10-17(15)20-3/h8-10,13,16,18H,4-7,11-12H2,1-3H3. The number of thioether (sulfide) groups is 1. The molecule has 0 bridgehead atoms. The molecule has 1 aromatic rings.